The predicted molar refractivity (Wildman–Crippen MR) is 70.3 cm³/mol. The molecule has 2 N–H and O–H groups in total. The lowest BCUT2D eigenvalue weighted by Gasteiger charge is -2.24. The highest BCUT2D eigenvalue weighted by atomic mass is 15.1. The molecule has 0 aliphatic heterocycles. The zero-order chi connectivity index (χ0) is 12.0. The Bertz CT molecular complexity index is 309. The van der Waals surface area contributed by atoms with Gasteiger partial charge in [-0.15, -0.1) is 0 Å². The van der Waals surface area contributed by atoms with Gasteiger partial charge in [0.1, 0.15) is 0 Å². The molecule has 0 saturated heterocycles. The lowest BCUT2D eigenvalue weighted by atomic mass is 10.1. The highest BCUT2D eigenvalue weighted by Crippen LogP contribution is 2.11. The predicted octanol–water partition coefficient (Wildman–Crippen LogP) is 2.41. The fourth-order valence-electron chi connectivity index (χ4n) is 1.85. The van der Waals surface area contributed by atoms with E-state index in [2.05, 4.69) is 49.9 Å². The van der Waals surface area contributed by atoms with Gasteiger partial charge in [-0.2, -0.15) is 0 Å². The summed E-state index contributed by atoms with van der Waals surface area (Å²) in [4.78, 5) is 2.46. The monoisotopic (exact) mass is 220 g/mol. The first-order valence-electron chi connectivity index (χ1n) is 6.14. The summed E-state index contributed by atoms with van der Waals surface area (Å²) in [6.07, 6.45) is 0. The normalized spacial score (nSPS) is 13.1. The Morgan fingerprint density at radius 3 is 2.56 bits per heavy atom. The van der Waals surface area contributed by atoms with Gasteiger partial charge in [-0.3, -0.25) is 4.90 Å². The van der Waals surface area contributed by atoms with Gasteiger partial charge in [0, 0.05) is 13.1 Å². The van der Waals surface area contributed by atoms with E-state index < -0.39 is 0 Å². The summed E-state index contributed by atoms with van der Waals surface area (Å²) in [5.41, 5.74) is 8.47. The van der Waals surface area contributed by atoms with E-state index in [4.69, 9.17) is 5.73 Å². The zero-order valence-corrected chi connectivity index (χ0v) is 10.7. The molecular formula is C14H24N2. The van der Waals surface area contributed by atoms with E-state index >= 15 is 0 Å². The van der Waals surface area contributed by atoms with Gasteiger partial charge >= 0.3 is 0 Å². The van der Waals surface area contributed by atoms with Crippen molar-refractivity contribution in [2.24, 2.45) is 11.7 Å². The largest absolute Gasteiger partial charge is 0.330 e. The second-order valence-corrected chi connectivity index (χ2v) is 4.60. The van der Waals surface area contributed by atoms with Crippen LogP contribution in [-0.4, -0.2) is 24.5 Å². The molecule has 0 aliphatic carbocycles. The van der Waals surface area contributed by atoms with Crippen LogP contribution in [0.4, 0.5) is 0 Å². The van der Waals surface area contributed by atoms with Crippen molar-refractivity contribution in [3.05, 3.63) is 35.4 Å². The molecule has 1 aromatic carbocycles. The molecule has 2 nitrogen and oxygen atoms in total. The summed E-state index contributed by atoms with van der Waals surface area (Å²) in [6.45, 7) is 10.6. The molecule has 0 bridgehead atoms. The summed E-state index contributed by atoms with van der Waals surface area (Å²) < 4.78 is 0. The molecule has 2 heteroatoms. The van der Waals surface area contributed by atoms with Gasteiger partial charge in [-0.05, 0) is 37.1 Å². The van der Waals surface area contributed by atoms with Crippen molar-refractivity contribution in [2.75, 3.05) is 19.6 Å². The van der Waals surface area contributed by atoms with Gasteiger partial charge in [0.15, 0.2) is 0 Å². The van der Waals surface area contributed by atoms with Crippen molar-refractivity contribution in [2.45, 2.75) is 27.3 Å². The number of benzene rings is 1. The van der Waals surface area contributed by atoms with E-state index in [1.165, 1.54) is 11.1 Å². The molecule has 0 amide bonds. The van der Waals surface area contributed by atoms with Crippen LogP contribution in [0.15, 0.2) is 24.3 Å². The highest BCUT2D eigenvalue weighted by molar-refractivity contribution is 5.25. The SMILES string of the molecule is CCN(Cc1ccccc1C)CC(C)CN. The average molecular weight is 220 g/mol. The van der Waals surface area contributed by atoms with E-state index in [0.717, 1.165) is 26.2 Å². The number of nitrogens with two attached hydrogens (primary N) is 1. The standard InChI is InChI=1S/C14H24N2/c1-4-16(10-12(2)9-15)11-14-8-6-5-7-13(14)3/h5-8,12H,4,9-11,15H2,1-3H3. The van der Waals surface area contributed by atoms with E-state index in [1.807, 2.05) is 0 Å². The van der Waals surface area contributed by atoms with Crippen LogP contribution in [0, 0.1) is 12.8 Å². The number of hydrogen-bond donors (Lipinski definition) is 1. The van der Waals surface area contributed by atoms with Crippen LogP contribution in [0.25, 0.3) is 0 Å². The Balaban J connectivity index is 2.60. The second kappa shape index (κ2) is 6.66. The molecule has 1 rings (SSSR count). The molecule has 0 saturated carbocycles. The van der Waals surface area contributed by atoms with Crippen LogP contribution in [0.1, 0.15) is 25.0 Å². The first kappa shape index (κ1) is 13.2. The van der Waals surface area contributed by atoms with Gasteiger partial charge in [0.05, 0.1) is 0 Å². The lowest BCUT2D eigenvalue weighted by molar-refractivity contribution is 0.243. The van der Waals surface area contributed by atoms with Crippen molar-refractivity contribution in [3.63, 3.8) is 0 Å². The number of hydrogen-bond acceptors (Lipinski definition) is 2. The van der Waals surface area contributed by atoms with Crippen LogP contribution in [0.3, 0.4) is 0 Å². The minimum absolute atomic E-state index is 0.573. The third-order valence-electron chi connectivity index (χ3n) is 3.07. The maximum Gasteiger partial charge on any atom is 0.0236 e. The summed E-state index contributed by atoms with van der Waals surface area (Å²) in [5.74, 6) is 0.573. The van der Waals surface area contributed by atoms with Crippen molar-refractivity contribution >= 4 is 0 Å². The van der Waals surface area contributed by atoms with Gasteiger partial charge < -0.3 is 5.73 Å². The maximum absolute atomic E-state index is 5.67. The summed E-state index contributed by atoms with van der Waals surface area (Å²) in [5, 5.41) is 0. The smallest absolute Gasteiger partial charge is 0.0236 e. The van der Waals surface area contributed by atoms with Crippen LogP contribution in [-0.2, 0) is 6.54 Å². The topological polar surface area (TPSA) is 29.3 Å². The third kappa shape index (κ3) is 3.95. The second-order valence-electron chi connectivity index (χ2n) is 4.60. The third-order valence-corrected chi connectivity index (χ3v) is 3.07. The Hall–Kier alpha value is -0.860. The molecule has 1 unspecified atom stereocenters. The minimum Gasteiger partial charge on any atom is -0.330 e. The Kier molecular flexibility index (Phi) is 5.50. The number of nitrogens with zero attached hydrogens (tertiary/aromatic N) is 1. The molecule has 90 valence electrons. The van der Waals surface area contributed by atoms with Crippen LogP contribution < -0.4 is 5.73 Å². The Morgan fingerprint density at radius 2 is 2.00 bits per heavy atom. The molecule has 0 aromatic heterocycles. The molecule has 0 spiro atoms. The fraction of sp³-hybridized carbons (Fsp3) is 0.571. The van der Waals surface area contributed by atoms with Crippen LogP contribution in [0.5, 0.6) is 0 Å². The molecular weight excluding hydrogens is 196 g/mol. The molecule has 0 radical (unpaired) electrons. The van der Waals surface area contributed by atoms with Gasteiger partial charge in [0.2, 0.25) is 0 Å². The molecule has 1 atom stereocenters. The van der Waals surface area contributed by atoms with Gasteiger partial charge in [-0.25, -0.2) is 0 Å². The van der Waals surface area contributed by atoms with Gasteiger partial charge in [0.25, 0.3) is 0 Å². The van der Waals surface area contributed by atoms with Crippen molar-refractivity contribution in [1.82, 2.24) is 4.90 Å². The van der Waals surface area contributed by atoms with Crippen molar-refractivity contribution < 1.29 is 0 Å². The van der Waals surface area contributed by atoms with Gasteiger partial charge in [-0.1, -0.05) is 38.1 Å². The lowest BCUT2D eigenvalue weighted by Crippen LogP contribution is -2.31. The Morgan fingerprint density at radius 1 is 1.31 bits per heavy atom. The quantitative estimate of drug-likeness (QED) is 0.797. The van der Waals surface area contributed by atoms with E-state index in [-0.39, 0.29) is 0 Å². The molecule has 0 heterocycles. The first-order valence-corrected chi connectivity index (χ1v) is 6.14. The Labute approximate surface area is 99.5 Å². The molecule has 16 heavy (non-hydrogen) atoms. The maximum atomic E-state index is 5.67. The summed E-state index contributed by atoms with van der Waals surface area (Å²) in [7, 11) is 0. The summed E-state index contributed by atoms with van der Waals surface area (Å²) in [6, 6.07) is 8.60. The number of aryl methyl sites for hydroxylation is 1. The van der Waals surface area contributed by atoms with E-state index in [9.17, 15) is 0 Å². The summed E-state index contributed by atoms with van der Waals surface area (Å²) >= 11 is 0. The molecule has 1 aromatic rings. The minimum atomic E-state index is 0.573. The van der Waals surface area contributed by atoms with E-state index in [0.29, 0.717) is 5.92 Å². The van der Waals surface area contributed by atoms with E-state index in [1.54, 1.807) is 0 Å². The fourth-order valence-corrected chi connectivity index (χ4v) is 1.85. The van der Waals surface area contributed by atoms with Crippen molar-refractivity contribution in [1.29, 1.82) is 0 Å². The first-order chi connectivity index (χ1) is 7.67. The van der Waals surface area contributed by atoms with Crippen LogP contribution >= 0.6 is 0 Å². The highest BCUT2D eigenvalue weighted by Gasteiger charge is 2.08. The molecule has 0 fully saturated rings. The van der Waals surface area contributed by atoms with Crippen LogP contribution in [0.2, 0.25) is 0 Å². The molecule has 0 aliphatic rings. The zero-order valence-electron chi connectivity index (χ0n) is 10.7. The number of rotatable bonds is 6. The van der Waals surface area contributed by atoms with Crippen molar-refractivity contribution in [3.8, 4) is 0 Å². The average Bonchev–Trinajstić information content (AvgIpc) is 2.30.